The van der Waals surface area contributed by atoms with Crippen molar-refractivity contribution in [2.24, 2.45) is 0 Å². The van der Waals surface area contributed by atoms with E-state index in [1.165, 1.54) is 0 Å². The lowest BCUT2D eigenvalue weighted by Gasteiger charge is -2.30. The number of nitrogens with zero attached hydrogens (tertiary/aromatic N) is 3. The zero-order valence-corrected chi connectivity index (χ0v) is 11.5. The van der Waals surface area contributed by atoms with Gasteiger partial charge in [-0.05, 0) is 19.1 Å². The fourth-order valence-corrected chi connectivity index (χ4v) is 2.46. The number of aromatic amines is 1. The second kappa shape index (κ2) is 5.19. The molecule has 0 radical (unpaired) electrons. The smallest absolute Gasteiger partial charge is 0.245 e. The van der Waals surface area contributed by atoms with Crippen LogP contribution in [0.2, 0.25) is 5.02 Å². The Labute approximate surface area is 117 Å². The van der Waals surface area contributed by atoms with E-state index in [0.29, 0.717) is 11.1 Å². The van der Waals surface area contributed by atoms with Crippen molar-refractivity contribution >= 4 is 17.5 Å². The van der Waals surface area contributed by atoms with Crippen LogP contribution >= 0.6 is 11.6 Å². The zero-order valence-electron chi connectivity index (χ0n) is 10.7. The van der Waals surface area contributed by atoms with Gasteiger partial charge < -0.3 is 10.2 Å². The highest BCUT2D eigenvalue weighted by atomic mass is 35.5. The van der Waals surface area contributed by atoms with Crippen molar-refractivity contribution < 1.29 is 0 Å². The highest BCUT2D eigenvalue weighted by Gasteiger charge is 2.19. The van der Waals surface area contributed by atoms with Crippen LogP contribution in [0.4, 0.5) is 5.95 Å². The molecule has 1 aromatic heterocycles. The highest BCUT2D eigenvalue weighted by Crippen LogP contribution is 2.21. The van der Waals surface area contributed by atoms with Gasteiger partial charge in [-0.3, -0.25) is 5.10 Å². The Morgan fingerprint density at radius 1 is 1.42 bits per heavy atom. The van der Waals surface area contributed by atoms with Crippen LogP contribution in [0.25, 0.3) is 11.4 Å². The van der Waals surface area contributed by atoms with Gasteiger partial charge in [-0.25, -0.2) is 0 Å². The van der Waals surface area contributed by atoms with Crippen molar-refractivity contribution in [1.82, 2.24) is 20.5 Å². The molecule has 0 spiro atoms. The quantitative estimate of drug-likeness (QED) is 0.881. The van der Waals surface area contributed by atoms with Crippen LogP contribution in [0.1, 0.15) is 6.92 Å². The SMILES string of the molecule is CC1CN(c2n[nH]c(-c3cccc(Cl)c3)n2)CCN1. The summed E-state index contributed by atoms with van der Waals surface area (Å²) in [5.41, 5.74) is 0.953. The monoisotopic (exact) mass is 277 g/mol. The summed E-state index contributed by atoms with van der Waals surface area (Å²) in [6.45, 7) is 4.98. The van der Waals surface area contributed by atoms with Crippen molar-refractivity contribution in [3.8, 4) is 11.4 Å². The first kappa shape index (κ1) is 12.4. The third-order valence-corrected chi connectivity index (χ3v) is 3.46. The molecule has 100 valence electrons. The lowest BCUT2D eigenvalue weighted by molar-refractivity contribution is 0.480. The highest BCUT2D eigenvalue weighted by molar-refractivity contribution is 6.30. The molecule has 0 saturated carbocycles. The second-order valence-corrected chi connectivity index (χ2v) is 5.23. The Hall–Kier alpha value is -1.59. The minimum atomic E-state index is 0.460. The Kier molecular flexibility index (Phi) is 3.40. The molecule has 1 aliphatic rings. The van der Waals surface area contributed by atoms with E-state index in [1.807, 2.05) is 24.3 Å². The first-order valence-electron chi connectivity index (χ1n) is 6.39. The average molecular weight is 278 g/mol. The fraction of sp³-hybridized carbons (Fsp3) is 0.385. The van der Waals surface area contributed by atoms with Gasteiger partial charge in [0, 0.05) is 36.3 Å². The van der Waals surface area contributed by atoms with Crippen molar-refractivity contribution in [2.75, 3.05) is 24.5 Å². The third kappa shape index (κ3) is 2.72. The minimum Gasteiger partial charge on any atom is -0.337 e. The number of nitrogens with one attached hydrogen (secondary N) is 2. The molecule has 0 bridgehead atoms. The molecule has 1 atom stereocenters. The minimum absolute atomic E-state index is 0.460. The van der Waals surface area contributed by atoms with Crippen molar-refractivity contribution in [3.05, 3.63) is 29.3 Å². The summed E-state index contributed by atoms with van der Waals surface area (Å²) in [7, 11) is 0. The molecule has 1 unspecified atom stereocenters. The van der Waals surface area contributed by atoms with Gasteiger partial charge >= 0.3 is 0 Å². The zero-order chi connectivity index (χ0) is 13.2. The second-order valence-electron chi connectivity index (χ2n) is 4.80. The predicted octanol–water partition coefficient (Wildman–Crippen LogP) is 1.92. The molecule has 2 heterocycles. The summed E-state index contributed by atoms with van der Waals surface area (Å²) in [6, 6.07) is 8.07. The number of rotatable bonds is 2. The van der Waals surface area contributed by atoms with Crippen molar-refractivity contribution in [3.63, 3.8) is 0 Å². The summed E-state index contributed by atoms with van der Waals surface area (Å²) in [5.74, 6) is 1.51. The van der Waals surface area contributed by atoms with Crippen LogP contribution in [-0.4, -0.2) is 40.9 Å². The molecule has 6 heteroatoms. The molecular formula is C13H16ClN5. The standard InChI is InChI=1S/C13H16ClN5/c1-9-8-19(6-5-15-9)13-16-12(17-18-13)10-3-2-4-11(14)7-10/h2-4,7,9,15H,5-6,8H2,1H3,(H,16,17,18). The largest absolute Gasteiger partial charge is 0.337 e. The predicted molar refractivity (Wildman–Crippen MR) is 76.5 cm³/mol. The maximum absolute atomic E-state index is 5.99. The average Bonchev–Trinajstić information content (AvgIpc) is 2.88. The van der Waals surface area contributed by atoms with Crippen LogP contribution in [0, 0.1) is 0 Å². The van der Waals surface area contributed by atoms with Gasteiger partial charge in [-0.2, -0.15) is 4.98 Å². The van der Waals surface area contributed by atoms with Crippen LogP contribution in [0.5, 0.6) is 0 Å². The van der Waals surface area contributed by atoms with E-state index in [4.69, 9.17) is 11.6 Å². The van der Waals surface area contributed by atoms with Crippen LogP contribution in [0.3, 0.4) is 0 Å². The molecule has 3 rings (SSSR count). The molecule has 1 aliphatic heterocycles. The van der Waals surface area contributed by atoms with Gasteiger partial charge in [-0.1, -0.05) is 23.7 Å². The van der Waals surface area contributed by atoms with Crippen LogP contribution < -0.4 is 10.2 Å². The number of hydrogen-bond acceptors (Lipinski definition) is 4. The van der Waals surface area contributed by atoms with Crippen LogP contribution in [0.15, 0.2) is 24.3 Å². The Morgan fingerprint density at radius 3 is 3.11 bits per heavy atom. The maximum atomic E-state index is 5.99. The van der Waals surface area contributed by atoms with E-state index in [2.05, 4.69) is 32.3 Å². The Morgan fingerprint density at radius 2 is 2.32 bits per heavy atom. The van der Waals surface area contributed by atoms with E-state index in [-0.39, 0.29) is 0 Å². The molecule has 2 aromatic rings. The molecule has 0 amide bonds. The van der Waals surface area contributed by atoms with E-state index in [9.17, 15) is 0 Å². The topological polar surface area (TPSA) is 56.8 Å². The summed E-state index contributed by atoms with van der Waals surface area (Å²) in [6.07, 6.45) is 0. The molecule has 1 fully saturated rings. The summed E-state index contributed by atoms with van der Waals surface area (Å²) in [4.78, 5) is 6.74. The van der Waals surface area contributed by atoms with Crippen molar-refractivity contribution in [2.45, 2.75) is 13.0 Å². The molecule has 0 aliphatic carbocycles. The fourth-order valence-electron chi connectivity index (χ4n) is 2.27. The number of H-pyrrole nitrogens is 1. The summed E-state index contributed by atoms with van der Waals surface area (Å²) < 4.78 is 0. The van der Waals surface area contributed by atoms with Gasteiger partial charge in [0.05, 0.1) is 0 Å². The van der Waals surface area contributed by atoms with E-state index in [0.717, 1.165) is 37.0 Å². The van der Waals surface area contributed by atoms with E-state index >= 15 is 0 Å². The molecule has 5 nitrogen and oxygen atoms in total. The van der Waals surface area contributed by atoms with Gasteiger partial charge in [0.25, 0.3) is 0 Å². The lowest BCUT2D eigenvalue weighted by atomic mass is 10.2. The first-order chi connectivity index (χ1) is 9.22. The van der Waals surface area contributed by atoms with Crippen molar-refractivity contribution in [1.29, 1.82) is 0 Å². The number of hydrogen-bond donors (Lipinski definition) is 2. The van der Waals surface area contributed by atoms with Gasteiger partial charge in [-0.15, -0.1) is 5.10 Å². The van der Waals surface area contributed by atoms with E-state index < -0.39 is 0 Å². The number of aromatic nitrogens is 3. The number of anilines is 1. The summed E-state index contributed by atoms with van der Waals surface area (Å²) in [5, 5.41) is 11.4. The number of halogens is 1. The third-order valence-electron chi connectivity index (χ3n) is 3.22. The normalized spacial score (nSPS) is 19.7. The molecule has 1 aromatic carbocycles. The molecule has 1 saturated heterocycles. The molecular weight excluding hydrogens is 262 g/mol. The lowest BCUT2D eigenvalue weighted by Crippen LogP contribution is -2.49. The Bertz CT molecular complexity index is 568. The van der Waals surface area contributed by atoms with Gasteiger partial charge in [0.2, 0.25) is 5.95 Å². The van der Waals surface area contributed by atoms with Crippen LogP contribution in [-0.2, 0) is 0 Å². The van der Waals surface area contributed by atoms with E-state index in [1.54, 1.807) is 0 Å². The Balaban J connectivity index is 1.83. The first-order valence-corrected chi connectivity index (χ1v) is 6.77. The summed E-state index contributed by atoms with van der Waals surface area (Å²) >= 11 is 5.99. The van der Waals surface area contributed by atoms with Gasteiger partial charge in [0.15, 0.2) is 5.82 Å². The van der Waals surface area contributed by atoms with Gasteiger partial charge in [0.1, 0.15) is 0 Å². The number of benzene rings is 1. The molecule has 19 heavy (non-hydrogen) atoms. The number of piperazine rings is 1. The molecule has 2 N–H and O–H groups in total. The maximum Gasteiger partial charge on any atom is 0.245 e.